The van der Waals surface area contributed by atoms with Crippen LogP contribution in [0.1, 0.15) is 42.2 Å². The van der Waals surface area contributed by atoms with E-state index in [9.17, 15) is 19.2 Å². The van der Waals surface area contributed by atoms with Gasteiger partial charge in [0.2, 0.25) is 11.8 Å². The fourth-order valence-electron chi connectivity index (χ4n) is 3.46. The number of nitrogens with two attached hydrogens (primary N) is 1. The van der Waals surface area contributed by atoms with Crippen molar-refractivity contribution in [3.63, 3.8) is 0 Å². The van der Waals surface area contributed by atoms with Gasteiger partial charge in [-0.05, 0) is 43.7 Å². The molecule has 1 aliphatic heterocycles. The van der Waals surface area contributed by atoms with Gasteiger partial charge < -0.3 is 20.7 Å². The largest absolute Gasteiger partial charge is 0.452 e. The van der Waals surface area contributed by atoms with Gasteiger partial charge >= 0.3 is 5.97 Å². The van der Waals surface area contributed by atoms with Gasteiger partial charge in [0.1, 0.15) is 0 Å². The second-order valence-electron chi connectivity index (χ2n) is 7.54. The number of esters is 1. The molecule has 8 nitrogen and oxygen atoms in total. The highest BCUT2D eigenvalue weighted by Gasteiger charge is 2.38. The first-order chi connectivity index (χ1) is 14.8. The van der Waals surface area contributed by atoms with Crippen molar-refractivity contribution < 1.29 is 23.9 Å². The number of rotatable bonds is 7. The average Bonchev–Trinajstić information content (AvgIpc) is 3.15. The number of carbonyl (C=O) groups excluding carboxylic acids is 4. The van der Waals surface area contributed by atoms with E-state index in [1.807, 2.05) is 37.3 Å². The van der Waals surface area contributed by atoms with Gasteiger partial charge in [-0.3, -0.25) is 19.2 Å². The monoisotopic (exact) mass is 423 g/mol. The number of hydrogen-bond acceptors (Lipinski definition) is 5. The molecule has 0 aliphatic carbocycles. The molecule has 31 heavy (non-hydrogen) atoms. The number of primary amides is 1. The van der Waals surface area contributed by atoms with E-state index in [4.69, 9.17) is 10.5 Å². The van der Waals surface area contributed by atoms with Gasteiger partial charge in [-0.1, -0.05) is 30.3 Å². The van der Waals surface area contributed by atoms with Gasteiger partial charge in [0, 0.05) is 24.2 Å². The number of ether oxygens (including phenoxy) is 1. The third-order valence-corrected chi connectivity index (χ3v) is 5.34. The Kier molecular flexibility index (Phi) is 6.69. The van der Waals surface area contributed by atoms with Gasteiger partial charge in [-0.25, -0.2) is 0 Å². The zero-order chi connectivity index (χ0) is 22.5. The summed E-state index contributed by atoms with van der Waals surface area (Å²) in [6, 6.07) is 15.5. The zero-order valence-corrected chi connectivity index (χ0v) is 17.4. The molecule has 2 aromatic rings. The van der Waals surface area contributed by atoms with Gasteiger partial charge in [-0.2, -0.15) is 0 Å². The summed E-state index contributed by atoms with van der Waals surface area (Å²) >= 11 is 0. The molecule has 1 aliphatic rings. The van der Waals surface area contributed by atoms with Crippen molar-refractivity contribution in [3.05, 3.63) is 65.7 Å². The number of amides is 3. The number of benzene rings is 2. The van der Waals surface area contributed by atoms with Gasteiger partial charge in [0.25, 0.3) is 5.91 Å². The Labute approximate surface area is 180 Å². The number of nitrogens with zero attached hydrogens (tertiary/aromatic N) is 1. The van der Waals surface area contributed by atoms with Crippen molar-refractivity contribution in [2.75, 3.05) is 11.9 Å². The first-order valence-electron chi connectivity index (χ1n) is 10.0. The summed E-state index contributed by atoms with van der Waals surface area (Å²) in [4.78, 5) is 50.1. The van der Waals surface area contributed by atoms with Crippen LogP contribution < -0.4 is 11.1 Å². The Morgan fingerprint density at radius 2 is 1.71 bits per heavy atom. The smallest absolute Gasteiger partial charge is 0.312 e. The first-order valence-corrected chi connectivity index (χ1v) is 10.0. The third kappa shape index (κ3) is 5.28. The molecular formula is C23H25N3O5. The average molecular weight is 423 g/mol. The van der Waals surface area contributed by atoms with Crippen LogP contribution in [0.5, 0.6) is 0 Å². The van der Waals surface area contributed by atoms with Gasteiger partial charge in [-0.15, -0.1) is 0 Å². The molecule has 0 aromatic heterocycles. The van der Waals surface area contributed by atoms with Crippen LogP contribution in [0.25, 0.3) is 0 Å². The van der Waals surface area contributed by atoms with Crippen LogP contribution in [0.3, 0.4) is 0 Å². The second kappa shape index (κ2) is 9.42. The lowest BCUT2D eigenvalue weighted by molar-refractivity contribution is -0.157. The van der Waals surface area contributed by atoms with E-state index in [2.05, 4.69) is 5.32 Å². The highest BCUT2D eigenvalue weighted by molar-refractivity contribution is 5.97. The molecule has 3 N–H and O–H groups in total. The second-order valence-corrected chi connectivity index (χ2v) is 7.54. The number of anilines is 1. The summed E-state index contributed by atoms with van der Waals surface area (Å²) in [5.41, 5.74) is 6.93. The SMILES string of the molecule is C[C@H](OC(=O)[C@@H]1CC(=O)N([C@@H](C)c2ccccc2)C1)C(=O)Nc1ccc(C(N)=O)cc1. The summed E-state index contributed by atoms with van der Waals surface area (Å²) in [5, 5.41) is 2.62. The van der Waals surface area contributed by atoms with Crippen molar-refractivity contribution in [1.29, 1.82) is 0 Å². The maximum absolute atomic E-state index is 12.5. The molecule has 2 aromatic carbocycles. The molecule has 3 amide bonds. The highest BCUT2D eigenvalue weighted by atomic mass is 16.5. The highest BCUT2D eigenvalue weighted by Crippen LogP contribution is 2.29. The molecule has 0 radical (unpaired) electrons. The predicted molar refractivity (Wildman–Crippen MR) is 114 cm³/mol. The molecule has 0 unspecified atom stereocenters. The van der Waals surface area contributed by atoms with E-state index in [1.54, 1.807) is 4.90 Å². The number of hydrogen-bond donors (Lipinski definition) is 2. The molecule has 1 fully saturated rings. The summed E-state index contributed by atoms with van der Waals surface area (Å²) in [7, 11) is 0. The van der Waals surface area contributed by atoms with Crippen molar-refractivity contribution in [2.45, 2.75) is 32.4 Å². The van der Waals surface area contributed by atoms with E-state index in [0.717, 1.165) is 5.56 Å². The minimum Gasteiger partial charge on any atom is -0.452 e. The lowest BCUT2D eigenvalue weighted by Gasteiger charge is -2.25. The molecule has 8 heteroatoms. The quantitative estimate of drug-likeness (QED) is 0.662. The Hall–Kier alpha value is -3.68. The van der Waals surface area contributed by atoms with Crippen molar-refractivity contribution >= 4 is 29.4 Å². The predicted octanol–water partition coefficient (Wildman–Crippen LogP) is 2.27. The molecule has 162 valence electrons. The van der Waals surface area contributed by atoms with Crippen molar-refractivity contribution in [1.82, 2.24) is 4.90 Å². The maximum Gasteiger partial charge on any atom is 0.312 e. The molecule has 0 spiro atoms. The van der Waals surface area contributed by atoms with Crippen LogP contribution in [-0.4, -0.2) is 41.2 Å². The summed E-state index contributed by atoms with van der Waals surface area (Å²) in [5.74, 6) is -2.41. The molecule has 3 rings (SSSR count). The molecule has 1 heterocycles. The van der Waals surface area contributed by atoms with Crippen molar-refractivity contribution in [2.24, 2.45) is 11.7 Å². The van der Waals surface area contributed by atoms with Crippen LogP contribution in [0, 0.1) is 5.92 Å². The standard InChI is InChI=1S/C23H25N3O5/c1-14(16-6-4-3-5-7-16)26-13-18(12-20(26)27)23(30)31-15(2)22(29)25-19-10-8-17(9-11-19)21(24)28/h3-11,14-15,18H,12-13H2,1-2H3,(H2,24,28)(H,25,29)/t14-,15-,18+/m0/s1. The minimum absolute atomic E-state index is 0.0545. The molecule has 1 saturated heterocycles. The number of carbonyl (C=O) groups is 4. The van der Waals surface area contributed by atoms with E-state index < -0.39 is 29.8 Å². The summed E-state index contributed by atoms with van der Waals surface area (Å²) in [6.07, 6.45) is -0.988. The van der Waals surface area contributed by atoms with E-state index in [0.29, 0.717) is 11.3 Å². The number of likely N-dealkylation sites (tertiary alicyclic amines) is 1. The molecule has 0 bridgehead atoms. The lowest BCUT2D eigenvalue weighted by atomic mass is 10.1. The lowest BCUT2D eigenvalue weighted by Crippen LogP contribution is -2.33. The van der Waals surface area contributed by atoms with Gasteiger partial charge in [0.15, 0.2) is 6.10 Å². The molecule has 0 saturated carbocycles. The van der Waals surface area contributed by atoms with Gasteiger partial charge in [0.05, 0.1) is 12.0 Å². The Bertz CT molecular complexity index is 974. The van der Waals surface area contributed by atoms with Crippen molar-refractivity contribution in [3.8, 4) is 0 Å². The van der Waals surface area contributed by atoms with E-state index in [-0.39, 0.29) is 24.9 Å². The Morgan fingerprint density at radius 3 is 2.32 bits per heavy atom. The van der Waals surface area contributed by atoms with Crippen LogP contribution in [0.2, 0.25) is 0 Å². The van der Waals surface area contributed by atoms with Crippen LogP contribution in [-0.2, 0) is 19.1 Å². The third-order valence-electron chi connectivity index (χ3n) is 5.34. The van der Waals surface area contributed by atoms with Crippen LogP contribution in [0.15, 0.2) is 54.6 Å². The number of nitrogens with one attached hydrogen (secondary N) is 1. The van der Waals surface area contributed by atoms with E-state index >= 15 is 0 Å². The van der Waals surface area contributed by atoms with E-state index in [1.165, 1.54) is 31.2 Å². The summed E-state index contributed by atoms with van der Waals surface area (Å²) in [6.45, 7) is 3.63. The maximum atomic E-state index is 12.5. The fraction of sp³-hybridized carbons (Fsp3) is 0.304. The fourth-order valence-corrected chi connectivity index (χ4v) is 3.46. The Morgan fingerprint density at radius 1 is 1.06 bits per heavy atom. The minimum atomic E-state index is -1.04. The molecular weight excluding hydrogens is 398 g/mol. The topological polar surface area (TPSA) is 119 Å². The first kappa shape index (κ1) is 22.0. The Balaban J connectivity index is 1.55. The van der Waals surface area contributed by atoms with Crippen LogP contribution in [0.4, 0.5) is 5.69 Å². The summed E-state index contributed by atoms with van der Waals surface area (Å²) < 4.78 is 5.31. The zero-order valence-electron chi connectivity index (χ0n) is 17.4. The van der Waals surface area contributed by atoms with Crippen LogP contribution >= 0.6 is 0 Å². The molecule has 3 atom stereocenters. The normalized spacial score (nSPS) is 17.7.